The quantitative estimate of drug-likeness (QED) is 0.195. The minimum Gasteiger partial charge on any atom is -0.369 e. The van der Waals surface area contributed by atoms with Crippen LogP contribution in [0.5, 0.6) is 0 Å². The van der Waals surface area contributed by atoms with E-state index in [4.69, 9.17) is 5.73 Å². The predicted octanol–water partition coefficient (Wildman–Crippen LogP) is 2.99. The minimum atomic E-state index is 0.326. The van der Waals surface area contributed by atoms with E-state index in [1.54, 1.807) is 10.3 Å². The number of hydrogen-bond acceptors (Lipinski definition) is 3. The first kappa shape index (κ1) is 17.6. The monoisotopic (exact) mass is 483 g/mol. The zero-order chi connectivity index (χ0) is 14.8. The summed E-state index contributed by atoms with van der Waals surface area (Å²) in [5.41, 5.74) is 6.76. The normalized spacial score (nSPS) is 10.3. The van der Waals surface area contributed by atoms with Crippen molar-refractivity contribution >= 4 is 29.3 Å². The van der Waals surface area contributed by atoms with Crippen LogP contribution in [0.25, 0.3) is 11.2 Å². The van der Waals surface area contributed by atoms with Crippen LogP contribution in [-0.2, 0) is 38.3 Å². The molecule has 4 N–H and O–H groups in total. The Balaban J connectivity index is 0.000000206. The predicted molar refractivity (Wildman–Crippen MR) is 82.8 cm³/mol. The Labute approximate surface area is 141 Å². The molecular formula is C13H23HgN5S+. The fraction of sp³-hybridized carbons (Fsp3) is 0.615. The van der Waals surface area contributed by atoms with Gasteiger partial charge in [-0.2, -0.15) is 4.98 Å². The van der Waals surface area contributed by atoms with Gasteiger partial charge in [0.25, 0.3) is 0 Å². The van der Waals surface area contributed by atoms with Crippen LogP contribution in [0.15, 0.2) is 6.33 Å². The molecule has 7 heteroatoms. The summed E-state index contributed by atoms with van der Waals surface area (Å²) in [7, 11) is 0. The van der Waals surface area contributed by atoms with E-state index >= 15 is 0 Å². The van der Waals surface area contributed by atoms with Crippen molar-refractivity contribution in [3.8, 4) is 0 Å². The van der Waals surface area contributed by atoms with Gasteiger partial charge in [-0.1, -0.05) is 0 Å². The molecule has 0 radical (unpaired) electrons. The van der Waals surface area contributed by atoms with Crippen molar-refractivity contribution in [2.75, 3.05) is 5.73 Å². The van der Waals surface area contributed by atoms with Gasteiger partial charge in [-0.05, 0) is 0 Å². The largest absolute Gasteiger partial charge is 0.369 e. The molecule has 5 nitrogen and oxygen atoms in total. The Bertz CT molecular complexity index is 545. The van der Waals surface area contributed by atoms with E-state index in [9.17, 15) is 0 Å². The molecular weight excluding hydrogens is 459 g/mol. The van der Waals surface area contributed by atoms with Gasteiger partial charge >= 0.3 is 80.1 Å². The fourth-order valence-corrected chi connectivity index (χ4v) is 3.48. The number of fused-ring (bicyclic) bond motifs is 1. The van der Waals surface area contributed by atoms with Crippen molar-refractivity contribution in [2.45, 2.75) is 49.4 Å². The number of nitrogens with zero attached hydrogens (tertiary/aromatic N) is 2. The average molecular weight is 482 g/mol. The molecule has 0 aliphatic rings. The van der Waals surface area contributed by atoms with Gasteiger partial charge < -0.3 is 10.7 Å². The number of H-pyrrole nitrogens is 2. The molecule has 0 aliphatic heterocycles. The molecule has 0 saturated heterocycles. The molecule has 2 heterocycles. The smallest absolute Gasteiger partial charge is 0.324 e. The number of nitrogens with one attached hydrogen (secondary N) is 2. The summed E-state index contributed by atoms with van der Waals surface area (Å²) in [4.78, 5) is 13.5. The zero-order valence-electron chi connectivity index (χ0n) is 12.2. The summed E-state index contributed by atoms with van der Waals surface area (Å²) in [6.45, 7) is 2.27. The van der Waals surface area contributed by atoms with Crippen LogP contribution in [0.3, 0.4) is 0 Å². The second-order valence-electron chi connectivity index (χ2n) is 4.69. The van der Waals surface area contributed by atoms with Crippen LogP contribution in [-0.4, -0.2) is 19.9 Å². The number of thiol groups is 1. The first-order valence-corrected chi connectivity index (χ1v) is 11.5. The maximum Gasteiger partial charge on any atom is 0.324 e. The van der Waals surface area contributed by atoms with Gasteiger partial charge in [0, 0.05) is 0 Å². The number of aromatic nitrogens is 4. The van der Waals surface area contributed by atoms with Gasteiger partial charge in [0.15, 0.2) is 23.4 Å². The second-order valence-corrected chi connectivity index (χ2v) is 7.89. The molecule has 2 rings (SSSR count). The second kappa shape index (κ2) is 10.3. The Morgan fingerprint density at radius 1 is 1.25 bits per heavy atom. The van der Waals surface area contributed by atoms with Crippen LogP contribution in [0.2, 0.25) is 3.93 Å². The maximum absolute atomic E-state index is 5.42. The molecule has 0 spiro atoms. The number of nitrogen functional groups attached to an aromatic ring is 1. The van der Waals surface area contributed by atoms with Crippen molar-refractivity contribution in [1.29, 1.82) is 0 Å². The van der Waals surface area contributed by atoms with Crippen molar-refractivity contribution in [3.05, 3.63) is 11.0 Å². The Morgan fingerprint density at radius 2 is 1.95 bits per heavy atom. The summed E-state index contributed by atoms with van der Waals surface area (Å²) in [6.07, 6.45) is 10.4. The van der Waals surface area contributed by atoms with E-state index in [-0.39, 0.29) is 0 Å². The number of hydrogen-bond donors (Lipinski definition) is 3. The van der Waals surface area contributed by atoms with Crippen LogP contribution in [0, 0.1) is 4.64 Å². The first-order chi connectivity index (χ1) is 9.69. The number of nitrogens with two attached hydrogens (primary N) is 1. The van der Waals surface area contributed by atoms with Gasteiger partial charge in [0.05, 0.1) is 6.33 Å². The number of unbranched alkanes of at least 4 members (excludes halogenated alkanes) is 5. The molecule has 0 unspecified atom stereocenters. The summed E-state index contributed by atoms with van der Waals surface area (Å²) >= 11 is 5.19. The van der Waals surface area contributed by atoms with Gasteiger partial charge in [0.1, 0.15) is 0 Å². The van der Waals surface area contributed by atoms with E-state index < -0.39 is 0 Å². The molecule has 0 aliphatic carbocycles. The van der Waals surface area contributed by atoms with Crippen LogP contribution in [0.4, 0.5) is 5.95 Å². The summed E-state index contributed by atoms with van der Waals surface area (Å²) < 4.78 is 2.18. The number of anilines is 1. The third-order valence-electron chi connectivity index (χ3n) is 2.93. The van der Waals surface area contributed by atoms with Crippen molar-refractivity contribution in [1.82, 2.24) is 19.9 Å². The zero-order valence-corrected chi connectivity index (χ0v) is 18.5. The number of rotatable bonds is 6. The molecule has 0 atom stereocenters. The molecule has 0 aromatic carbocycles. The molecule has 0 amide bonds. The van der Waals surface area contributed by atoms with Crippen LogP contribution < -0.4 is 5.73 Å². The van der Waals surface area contributed by atoms with Crippen LogP contribution >= 0.6 is 0 Å². The molecule has 0 saturated carbocycles. The van der Waals surface area contributed by atoms with E-state index in [0.717, 1.165) is 26.1 Å². The van der Waals surface area contributed by atoms with Crippen molar-refractivity contribution in [2.24, 2.45) is 0 Å². The number of imidazole rings is 1. The van der Waals surface area contributed by atoms with Crippen molar-refractivity contribution in [3.63, 3.8) is 0 Å². The molecule has 107 valence electrons. The number of aromatic amines is 2. The van der Waals surface area contributed by atoms with Gasteiger partial charge in [0.2, 0.25) is 5.95 Å². The Hall–Kier alpha value is -0.495. The van der Waals surface area contributed by atoms with Gasteiger partial charge in [-0.3, -0.25) is 4.98 Å². The van der Waals surface area contributed by atoms with E-state index in [1.165, 1.54) is 38.5 Å². The summed E-state index contributed by atoms with van der Waals surface area (Å²) in [6, 6.07) is 0. The van der Waals surface area contributed by atoms with Gasteiger partial charge in [-0.25, -0.2) is 4.98 Å². The third kappa shape index (κ3) is 6.30. The third-order valence-corrected chi connectivity index (χ3v) is 5.19. The Morgan fingerprint density at radius 3 is 2.65 bits per heavy atom. The fourth-order valence-electron chi connectivity index (χ4n) is 1.83. The van der Waals surface area contributed by atoms with Gasteiger partial charge in [-0.15, -0.1) is 0 Å². The standard InChI is InChI=1S/C8H17.C5H5N5S.Hg/c1-3-5-7-8-6-4-2;6-5-9-3-2(4(11)10-5)7-1-8-3;/h1,3-8H2,2H3;1H,(H4,6,7,8,9,10,11);/p+1. The molecule has 2 aromatic heterocycles. The van der Waals surface area contributed by atoms with E-state index in [0.29, 0.717) is 21.8 Å². The van der Waals surface area contributed by atoms with Crippen LogP contribution in [0.1, 0.15) is 45.4 Å². The molecule has 0 bridgehead atoms. The van der Waals surface area contributed by atoms with E-state index in [2.05, 4.69) is 39.1 Å². The summed E-state index contributed by atoms with van der Waals surface area (Å²) in [5, 5.41) is 0. The first-order valence-electron chi connectivity index (χ1n) is 7.19. The topological polar surface area (TPSA) is 83.4 Å². The maximum atomic E-state index is 5.42. The van der Waals surface area contributed by atoms with Crippen molar-refractivity contribution < 1.29 is 26.1 Å². The Kier molecular flexibility index (Phi) is 9.01. The van der Waals surface area contributed by atoms with E-state index in [1.807, 2.05) is 0 Å². The SMILES string of the molecule is CCCCCCC[CH2][Hg].Nc1nc2[nH]cnc2c(=[SH+])[nH]1. The average Bonchev–Trinajstić information content (AvgIpc) is 2.88. The minimum absolute atomic E-state index is 0.326. The molecule has 20 heavy (non-hydrogen) atoms. The molecule has 0 fully saturated rings. The molecule has 2 aromatic rings. The summed E-state index contributed by atoms with van der Waals surface area (Å²) in [5.74, 6) is 0.326.